The maximum atomic E-state index is 9.80. The summed E-state index contributed by atoms with van der Waals surface area (Å²) in [7, 11) is 0. The Hall–Kier alpha value is -0.120. The molecule has 0 fully saturated rings. The monoisotopic (exact) mass is 625 g/mol. The molecule has 3 nitrogen and oxygen atoms in total. The number of ether oxygens (including phenoxy) is 2. The lowest BCUT2D eigenvalue weighted by molar-refractivity contribution is -0.0447. The molecule has 0 aromatic carbocycles. The molecule has 0 aliphatic carbocycles. The number of aliphatic hydroxyl groups excluding tert-OH is 1. The molecule has 3 heteroatoms. The van der Waals surface area contributed by atoms with Crippen molar-refractivity contribution in [3.63, 3.8) is 0 Å². The van der Waals surface area contributed by atoms with Gasteiger partial charge in [0, 0.05) is 19.1 Å². The van der Waals surface area contributed by atoms with Crippen LogP contribution in [0.5, 0.6) is 0 Å². The first-order valence-corrected chi connectivity index (χ1v) is 20.6. The fraction of sp³-hybridized carbons (Fsp3) is 1.00. The maximum absolute atomic E-state index is 9.80. The lowest BCUT2D eigenvalue weighted by Crippen LogP contribution is -2.29. The number of hydrogen-bond acceptors (Lipinski definition) is 3. The van der Waals surface area contributed by atoms with Crippen LogP contribution in [0, 0.1) is 5.92 Å². The highest BCUT2D eigenvalue weighted by Gasteiger charge is 2.17. The van der Waals surface area contributed by atoms with E-state index >= 15 is 0 Å². The SMILES string of the molecule is CCCCCCCCCCCCCCCCCCOCC(C)C(CO)OCCCCCCCCCCCCCCCCCC. The second-order valence-electron chi connectivity index (χ2n) is 14.3. The molecule has 0 heterocycles. The van der Waals surface area contributed by atoms with Crippen LogP contribution in [0.1, 0.15) is 226 Å². The van der Waals surface area contributed by atoms with Crippen molar-refractivity contribution in [1.29, 1.82) is 0 Å². The normalized spacial score (nSPS) is 13.1. The Bertz CT molecular complexity index is 496. The predicted octanol–water partition coefficient (Wildman–Crippen LogP) is 13.5. The Morgan fingerprint density at radius 2 is 0.659 bits per heavy atom. The Morgan fingerprint density at radius 1 is 0.386 bits per heavy atom. The van der Waals surface area contributed by atoms with E-state index in [1.165, 1.54) is 193 Å². The zero-order valence-corrected chi connectivity index (χ0v) is 30.9. The third-order valence-electron chi connectivity index (χ3n) is 9.67. The smallest absolute Gasteiger partial charge is 0.0853 e. The van der Waals surface area contributed by atoms with E-state index in [0.29, 0.717) is 6.61 Å². The molecule has 0 saturated heterocycles. The van der Waals surface area contributed by atoms with Gasteiger partial charge >= 0.3 is 0 Å². The molecule has 0 bridgehead atoms. The molecule has 0 rings (SSSR count). The molecule has 2 atom stereocenters. The van der Waals surface area contributed by atoms with Gasteiger partial charge in [0.2, 0.25) is 0 Å². The molecule has 0 saturated carbocycles. The standard InChI is InChI=1S/C41H84O3/c1-4-6-8-10-12-14-16-18-20-22-24-26-28-30-32-34-36-43-39-40(3)41(38-42)44-37-35-33-31-29-27-25-23-21-19-17-15-13-11-9-7-5-2/h40-42H,4-39H2,1-3H3. The summed E-state index contributed by atoms with van der Waals surface area (Å²) >= 11 is 0. The average molecular weight is 625 g/mol. The molecule has 0 aliphatic rings. The summed E-state index contributed by atoms with van der Waals surface area (Å²) in [6.07, 6.45) is 44.5. The summed E-state index contributed by atoms with van der Waals surface area (Å²) < 4.78 is 12.0. The quantitative estimate of drug-likeness (QED) is 0.0691. The van der Waals surface area contributed by atoms with Crippen LogP contribution >= 0.6 is 0 Å². The number of unbranched alkanes of at least 4 members (excludes halogenated alkanes) is 30. The summed E-state index contributed by atoms with van der Waals surface area (Å²) in [6, 6.07) is 0. The molecule has 0 aromatic rings. The summed E-state index contributed by atoms with van der Waals surface area (Å²) in [4.78, 5) is 0. The summed E-state index contributed by atoms with van der Waals surface area (Å²) in [6.45, 7) is 9.16. The number of rotatable bonds is 39. The Labute approximate surface area is 278 Å². The first-order chi connectivity index (χ1) is 21.8. The Morgan fingerprint density at radius 3 is 0.955 bits per heavy atom. The summed E-state index contributed by atoms with van der Waals surface area (Å²) in [5, 5.41) is 9.80. The molecular weight excluding hydrogens is 540 g/mol. The predicted molar refractivity (Wildman–Crippen MR) is 196 cm³/mol. The zero-order valence-electron chi connectivity index (χ0n) is 30.9. The lowest BCUT2D eigenvalue weighted by Gasteiger charge is -2.22. The van der Waals surface area contributed by atoms with Crippen molar-refractivity contribution in [2.24, 2.45) is 5.92 Å². The van der Waals surface area contributed by atoms with Gasteiger partial charge < -0.3 is 14.6 Å². The van der Waals surface area contributed by atoms with Crippen molar-refractivity contribution in [2.45, 2.75) is 232 Å². The second kappa shape index (κ2) is 39.1. The highest BCUT2D eigenvalue weighted by Crippen LogP contribution is 2.16. The van der Waals surface area contributed by atoms with Gasteiger partial charge in [0.15, 0.2) is 0 Å². The molecule has 0 radical (unpaired) electrons. The van der Waals surface area contributed by atoms with Gasteiger partial charge in [-0.2, -0.15) is 0 Å². The van der Waals surface area contributed by atoms with E-state index in [1.807, 2.05) is 0 Å². The van der Waals surface area contributed by atoms with Crippen LogP contribution < -0.4 is 0 Å². The summed E-state index contributed by atoms with van der Waals surface area (Å²) in [5.74, 6) is 0.252. The first kappa shape index (κ1) is 43.9. The van der Waals surface area contributed by atoms with Crippen LogP contribution in [-0.4, -0.2) is 37.6 Å². The zero-order chi connectivity index (χ0) is 32.0. The van der Waals surface area contributed by atoms with Crippen molar-refractivity contribution in [1.82, 2.24) is 0 Å². The largest absolute Gasteiger partial charge is 0.394 e. The molecular formula is C41H84O3. The minimum atomic E-state index is -0.0860. The third-order valence-corrected chi connectivity index (χ3v) is 9.67. The van der Waals surface area contributed by atoms with Crippen LogP contribution in [0.2, 0.25) is 0 Å². The number of hydrogen-bond donors (Lipinski definition) is 1. The molecule has 1 N–H and O–H groups in total. The van der Waals surface area contributed by atoms with Gasteiger partial charge in [-0.15, -0.1) is 0 Å². The van der Waals surface area contributed by atoms with Gasteiger partial charge in [-0.05, 0) is 12.8 Å². The topological polar surface area (TPSA) is 38.7 Å². The van der Waals surface area contributed by atoms with Crippen molar-refractivity contribution in [3.05, 3.63) is 0 Å². The molecule has 44 heavy (non-hydrogen) atoms. The number of aliphatic hydroxyl groups is 1. The van der Waals surface area contributed by atoms with Gasteiger partial charge in [-0.1, -0.05) is 213 Å². The Balaban J connectivity index is 3.36. The molecule has 2 unspecified atom stereocenters. The van der Waals surface area contributed by atoms with E-state index in [9.17, 15) is 5.11 Å². The summed E-state index contributed by atoms with van der Waals surface area (Å²) in [5.41, 5.74) is 0. The van der Waals surface area contributed by atoms with Crippen LogP contribution in [-0.2, 0) is 9.47 Å². The molecule has 0 aromatic heterocycles. The van der Waals surface area contributed by atoms with Crippen molar-refractivity contribution in [2.75, 3.05) is 26.4 Å². The fourth-order valence-electron chi connectivity index (χ4n) is 6.41. The van der Waals surface area contributed by atoms with Crippen LogP contribution in [0.4, 0.5) is 0 Å². The van der Waals surface area contributed by atoms with Crippen molar-refractivity contribution >= 4 is 0 Å². The Kier molecular flexibility index (Phi) is 39.0. The van der Waals surface area contributed by atoms with Gasteiger partial charge in [-0.25, -0.2) is 0 Å². The van der Waals surface area contributed by atoms with E-state index < -0.39 is 0 Å². The van der Waals surface area contributed by atoms with E-state index in [2.05, 4.69) is 20.8 Å². The molecule has 0 aliphatic heterocycles. The lowest BCUT2D eigenvalue weighted by atomic mass is 10.0. The fourth-order valence-corrected chi connectivity index (χ4v) is 6.41. The third kappa shape index (κ3) is 34.7. The highest BCUT2D eigenvalue weighted by atomic mass is 16.5. The van der Waals surface area contributed by atoms with Gasteiger partial charge in [0.1, 0.15) is 0 Å². The van der Waals surface area contributed by atoms with Gasteiger partial charge in [0.25, 0.3) is 0 Å². The van der Waals surface area contributed by atoms with E-state index in [1.54, 1.807) is 0 Å². The van der Waals surface area contributed by atoms with E-state index in [4.69, 9.17) is 9.47 Å². The first-order valence-electron chi connectivity index (χ1n) is 20.6. The maximum Gasteiger partial charge on any atom is 0.0853 e. The van der Waals surface area contributed by atoms with Crippen molar-refractivity contribution in [3.8, 4) is 0 Å². The van der Waals surface area contributed by atoms with Crippen LogP contribution in [0.25, 0.3) is 0 Å². The minimum absolute atomic E-state index is 0.0860. The average Bonchev–Trinajstić information content (AvgIpc) is 3.03. The molecule has 266 valence electrons. The highest BCUT2D eigenvalue weighted by molar-refractivity contribution is 4.65. The van der Waals surface area contributed by atoms with E-state index in [0.717, 1.165) is 26.1 Å². The van der Waals surface area contributed by atoms with E-state index in [-0.39, 0.29) is 18.6 Å². The second-order valence-corrected chi connectivity index (χ2v) is 14.3. The molecule has 0 spiro atoms. The van der Waals surface area contributed by atoms with Gasteiger partial charge in [0.05, 0.1) is 19.3 Å². The minimum Gasteiger partial charge on any atom is -0.394 e. The van der Waals surface area contributed by atoms with Gasteiger partial charge in [-0.3, -0.25) is 0 Å². The molecule has 0 amide bonds. The van der Waals surface area contributed by atoms with Crippen molar-refractivity contribution < 1.29 is 14.6 Å². The van der Waals surface area contributed by atoms with Crippen LogP contribution in [0.3, 0.4) is 0 Å². The van der Waals surface area contributed by atoms with Crippen LogP contribution in [0.15, 0.2) is 0 Å².